The van der Waals surface area contributed by atoms with Gasteiger partial charge in [0, 0.05) is 0 Å². The van der Waals surface area contributed by atoms with Crippen LogP contribution in [0, 0.1) is 23.7 Å². The summed E-state index contributed by atoms with van der Waals surface area (Å²) < 4.78 is 9.55. The molecule has 1 rings (SSSR count). The Morgan fingerprint density at radius 2 is 1.19 bits per heavy atom. The van der Waals surface area contributed by atoms with E-state index in [0.29, 0.717) is 12.8 Å². The second-order valence-electron chi connectivity index (χ2n) is 4.69. The van der Waals surface area contributed by atoms with Crippen molar-refractivity contribution in [2.45, 2.75) is 26.7 Å². The van der Waals surface area contributed by atoms with Gasteiger partial charge in [0.2, 0.25) is 0 Å². The zero-order chi connectivity index (χ0) is 12.3. The summed E-state index contributed by atoms with van der Waals surface area (Å²) in [6.07, 6.45) is 1.40. The summed E-state index contributed by atoms with van der Waals surface area (Å²) in [5, 5.41) is 0. The van der Waals surface area contributed by atoms with Crippen LogP contribution in [0.1, 0.15) is 26.7 Å². The molecule has 0 heterocycles. The molecule has 0 aliphatic heterocycles. The smallest absolute Gasteiger partial charge is 0.308 e. The number of carbonyl (C=O) groups is 2. The summed E-state index contributed by atoms with van der Waals surface area (Å²) in [5.74, 6) is -0.146. The Labute approximate surface area is 96.3 Å². The van der Waals surface area contributed by atoms with E-state index in [1.54, 1.807) is 0 Å². The van der Waals surface area contributed by atoms with Gasteiger partial charge in [-0.05, 0) is 24.7 Å². The van der Waals surface area contributed by atoms with E-state index in [9.17, 15) is 9.59 Å². The van der Waals surface area contributed by atoms with Crippen LogP contribution in [0.15, 0.2) is 0 Å². The molecule has 0 aromatic rings. The van der Waals surface area contributed by atoms with Crippen molar-refractivity contribution in [3.63, 3.8) is 0 Å². The fourth-order valence-corrected chi connectivity index (χ4v) is 2.55. The Kier molecular flexibility index (Phi) is 4.33. The Balaban J connectivity index is 2.70. The quantitative estimate of drug-likeness (QED) is 0.674. The molecular weight excluding hydrogens is 208 g/mol. The molecule has 0 amide bonds. The van der Waals surface area contributed by atoms with Crippen LogP contribution in [0.2, 0.25) is 0 Å². The molecule has 1 aliphatic carbocycles. The van der Waals surface area contributed by atoms with E-state index in [-0.39, 0.29) is 35.6 Å². The molecule has 16 heavy (non-hydrogen) atoms. The molecule has 0 radical (unpaired) electrons. The first-order chi connectivity index (χ1) is 7.51. The number of ether oxygens (including phenoxy) is 2. The summed E-state index contributed by atoms with van der Waals surface area (Å²) in [6.45, 7) is 3.98. The lowest BCUT2D eigenvalue weighted by molar-refractivity contribution is -0.156. The topological polar surface area (TPSA) is 52.6 Å². The highest BCUT2D eigenvalue weighted by molar-refractivity contribution is 5.75. The molecule has 0 spiro atoms. The summed E-state index contributed by atoms with van der Waals surface area (Å²) in [7, 11) is 2.82. The Hall–Kier alpha value is -1.06. The molecule has 0 bridgehead atoms. The zero-order valence-electron chi connectivity index (χ0n) is 10.4. The van der Waals surface area contributed by atoms with Gasteiger partial charge in [-0.3, -0.25) is 9.59 Å². The van der Waals surface area contributed by atoms with Crippen LogP contribution in [0.5, 0.6) is 0 Å². The van der Waals surface area contributed by atoms with Crippen molar-refractivity contribution in [3.05, 3.63) is 0 Å². The first kappa shape index (κ1) is 13.0. The van der Waals surface area contributed by atoms with Gasteiger partial charge >= 0.3 is 11.9 Å². The molecule has 1 fully saturated rings. The molecule has 4 heteroatoms. The van der Waals surface area contributed by atoms with Gasteiger partial charge in [0.15, 0.2) is 0 Å². The van der Waals surface area contributed by atoms with Crippen LogP contribution in [0.3, 0.4) is 0 Å². The van der Waals surface area contributed by atoms with Gasteiger partial charge in [0.1, 0.15) is 0 Å². The number of rotatable bonds is 2. The highest BCUT2D eigenvalue weighted by atomic mass is 16.5. The van der Waals surface area contributed by atoms with E-state index in [0.717, 1.165) is 0 Å². The van der Waals surface area contributed by atoms with Crippen molar-refractivity contribution >= 4 is 11.9 Å². The molecule has 92 valence electrons. The zero-order valence-corrected chi connectivity index (χ0v) is 10.4. The van der Waals surface area contributed by atoms with Crippen molar-refractivity contribution in [2.24, 2.45) is 23.7 Å². The average molecular weight is 228 g/mol. The van der Waals surface area contributed by atoms with Crippen LogP contribution in [-0.2, 0) is 19.1 Å². The highest BCUT2D eigenvalue weighted by Crippen LogP contribution is 2.38. The molecule has 1 aliphatic rings. The predicted octanol–water partition coefficient (Wildman–Crippen LogP) is 1.63. The van der Waals surface area contributed by atoms with E-state index in [4.69, 9.17) is 9.47 Å². The molecule has 0 saturated heterocycles. The van der Waals surface area contributed by atoms with E-state index in [1.807, 2.05) is 13.8 Å². The maximum absolute atomic E-state index is 11.5. The SMILES string of the molecule is COC(=O)C1CC(C)C(C(=O)OC)CC1C. The minimum Gasteiger partial charge on any atom is -0.469 e. The lowest BCUT2D eigenvalue weighted by Crippen LogP contribution is -2.38. The third-order valence-corrected chi connectivity index (χ3v) is 3.63. The second kappa shape index (κ2) is 5.32. The third kappa shape index (κ3) is 2.54. The predicted molar refractivity (Wildman–Crippen MR) is 58.6 cm³/mol. The summed E-state index contributed by atoms with van der Waals surface area (Å²) in [5.41, 5.74) is 0. The lowest BCUT2D eigenvalue weighted by Gasteiger charge is -2.35. The van der Waals surface area contributed by atoms with Gasteiger partial charge in [-0.1, -0.05) is 13.8 Å². The van der Waals surface area contributed by atoms with Crippen molar-refractivity contribution in [3.8, 4) is 0 Å². The van der Waals surface area contributed by atoms with Crippen LogP contribution in [0.25, 0.3) is 0 Å². The summed E-state index contributed by atoms with van der Waals surface area (Å²) in [4.78, 5) is 23.1. The Morgan fingerprint density at radius 1 is 0.875 bits per heavy atom. The normalized spacial score (nSPS) is 34.2. The average Bonchev–Trinajstić information content (AvgIpc) is 2.29. The van der Waals surface area contributed by atoms with Crippen LogP contribution < -0.4 is 0 Å². The van der Waals surface area contributed by atoms with Gasteiger partial charge in [0.25, 0.3) is 0 Å². The number of esters is 2. The van der Waals surface area contributed by atoms with Crippen molar-refractivity contribution in [1.82, 2.24) is 0 Å². The summed E-state index contributed by atoms with van der Waals surface area (Å²) in [6, 6.07) is 0. The van der Waals surface area contributed by atoms with Gasteiger partial charge in [0.05, 0.1) is 26.1 Å². The van der Waals surface area contributed by atoms with Gasteiger partial charge < -0.3 is 9.47 Å². The first-order valence-electron chi connectivity index (χ1n) is 5.66. The highest BCUT2D eigenvalue weighted by Gasteiger charge is 2.40. The molecule has 1 saturated carbocycles. The minimum atomic E-state index is -0.164. The van der Waals surface area contributed by atoms with Crippen molar-refractivity contribution in [2.75, 3.05) is 14.2 Å². The van der Waals surface area contributed by atoms with Crippen LogP contribution in [-0.4, -0.2) is 26.2 Å². The van der Waals surface area contributed by atoms with E-state index in [2.05, 4.69) is 0 Å². The van der Waals surface area contributed by atoms with Crippen molar-refractivity contribution in [1.29, 1.82) is 0 Å². The van der Waals surface area contributed by atoms with E-state index >= 15 is 0 Å². The molecule has 4 unspecified atom stereocenters. The van der Waals surface area contributed by atoms with Gasteiger partial charge in [-0.2, -0.15) is 0 Å². The van der Waals surface area contributed by atoms with Gasteiger partial charge in [-0.25, -0.2) is 0 Å². The van der Waals surface area contributed by atoms with Crippen LogP contribution >= 0.6 is 0 Å². The Morgan fingerprint density at radius 3 is 1.44 bits per heavy atom. The Bertz CT molecular complexity index is 246. The van der Waals surface area contributed by atoms with E-state index < -0.39 is 0 Å². The molecule has 4 nitrogen and oxygen atoms in total. The molecule has 0 aromatic carbocycles. The molecular formula is C12H20O4. The second-order valence-corrected chi connectivity index (χ2v) is 4.69. The summed E-state index contributed by atoms with van der Waals surface area (Å²) >= 11 is 0. The fourth-order valence-electron chi connectivity index (χ4n) is 2.55. The number of hydrogen-bond acceptors (Lipinski definition) is 4. The molecule has 0 N–H and O–H groups in total. The first-order valence-corrected chi connectivity index (χ1v) is 5.66. The van der Waals surface area contributed by atoms with Crippen molar-refractivity contribution < 1.29 is 19.1 Å². The van der Waals surface area contributed by atoms with Gasteiger partial charge in [-0.15, -0.1) is 0 Å². The molecule has 0 aromatic heterocycles. The standard InChI is InChI=1S/C12H20O4/c1-7-5-10(12(14)16-4)8(2)6-9(7)11(13)15-3/h7-10H,5-6H2,1-4H3. The maximum Gasteiger partial charge on any atom is 0.308 e. The van der Waals surface area contributed by atoms with E-state index in [1.165, 1.54) is 14.2 Å². The van der Waals surface area contributed by atoms with Crippen LogP contribution in [0.4, 0.5) is 0 Å². The fraction of sp³-hybridized carbons (Fsp3) is 0.833. The minimum absolute atomic E-state index is 0.0825. The number of methoxy groups -OCH3 is 2. The number of hydrogen-bond donors (Lipinski definition) is 0. The maximum atomic E-state index is 11.5. The monoisotopic (exact) mass is 228 g/mol. The lowest BCUT2D eigenvalue weighted by atomic mass is 9.69. The third-order valence-electron chi connectivity index (χ3n) is 3.63. The largest absolute Gasteiger partial charge is 0.469 e. The molecule has 4 atom stereocenters. The number of carbonyl (C=O) groups excluding carboxylic acids is 2.